The maximum atomic E-state index is 12.4. The van der Waals surface area contributed by atoms with Crippen LogP contribution in [-0.2, 0) is 21.4 Å². The van der Waals surface area contributed by atoms with Crippen LogP contribution in [-0.4, -0.2) is 20.9 Å². The molecule has 1 amide bonds. The summed E-state index contributed by atoms with van der Waals surface area (Å²) in [6, 6.07) is 7.68. The van der Waals surface area contributed by atoms with Gasteiger partial charge in [-0.1, -0.05) is 6.92 Å². The molecule has 1 aromatic heterocycles. The standard InChI is InChI=1S/C16H20N2O5S/c1-3-16(19)18-14-10-13(7-8-15(14)22-4-2)24(20,21)17-11-12-6-5-9-23-12/h5-10,17H,3-4,11H2,1-2H3,(H,18,19). The van der Waals surface area contributed by atoms with Gasteiger partial charge >= 0.3 is 0 Å². The van der Waals surface area contributed by atoms with E-state index < -0.39 is 10.0 Å². The van der Waals surface area contributed by atoms with Crippen molar-refractivity contribution in [1.29, 1.82) is 0 Å². The van der Waals surface area contributed by atoms with Crippen LogP contribution in [0, 0.1) is 0 Å². The van der Waals surface area contributed by atoms with Crippen LogP contribution in [0.4, 0.5) is 5.69 Å². The van der Waals surface area contributed by atoms with Crippen molar-refractivity contribution >= 4 is 21.6 Å². The molecular weight excluding hydrogens is 332 g/mol. The van der Waals surface area contributed by atoms with E-state index in [-0.39, 0.29) is 23.8 Å². The van der Waals surface area contributed by atoms with Crippen molar-refractivity contribution < 1.29 is 22.4 Å². The topological polar surface area (TPSA) is 97.6 Å². The molecule has 24 heavy (non-hydrogen) atoms. The van der Waals surface area contributed by atoms with Crippen molar-refractivity contribution in [2.45, 2.75) is 31.7 Å². The normalized spacial score (nSPS) is 11.2. The Labute approximate surface area is 141 Å². The second-order valence-corrected chi connectivity index (χ2v) is 6.66. The number of hydrogen-bond donors (Lipinski definition) is 2. The molecule has 0 atom stereocenters. The van der Waals surface area contributed by atoms with Gasteiger partial charge in [0.05, 0.1) is 30.0 Å². The Bertz CT molecular complexity index is 785. The number of amides is 1. The highest BCUT2D eigenvalue weighted by molar-refractivity contribution is 7.89. The van der Waals surface area contributed by atoms with Crippen LogP contribution in [0.25, 0.3) is 0 Å². The van der Waals surface area contributed by atoms with E-state index in [0.29, 0.717) is 23.8 Å². The van der Waals surface area contributed by atoms with E-state index in [1.165, 1.54) is 24.5 Å². The van der Waals surface area contributed by atoms with Gasteiger partial charge in [0.15, 0.2) is 0 Å². The SMILES string of the molecule is CCOc1ccc(S(=O)(=O)NCc2ccco2)cc1NC(=O)CC. The second-order valence-electron chi connectivity index (χ2n) is 4.90. The van der Waals surface area contributed by atoms with E-state index in [1.54, 1.807) is 26.0 Å². The zero-order valence-electron chi connectivity index (χ0n) is 13.5. The van der Waals surface area contributed by atoms with Crippen molar-refractivity contribution in [3.8, 4) is 5.75 Å². The maximum absolute atomic E-state index is 12.4. The molecule has 0 aliphatic carbocycles. The third-order valence-corrected chi connectivity index (χ3v) is 4.57. The summed E-state index contributed by atoms with van der Waals surface area (Å²) in [5.74, 6) is 0.697. The quantitative estimate of drug-likeness (QED) is 0.761. The van der Waals surface area contributed by atoms with E-state index in [9.17, 15) is 13.2 Å². The summed E-state index contributed by atoms with van der Waals surface area (Å²) >= 11 is 0. The first-order valence-electron chi connectivity index (χ1n) is 7.55. The number of ether oxygens (including phenoxy) is 1. The molecule has 0 radical (unpaired) electrons. The van der Waals surface area contributed by atoms with Gasteiger partial charge in [0, 0.05) is 6.42 Å². The second kappa shape index (κ2) is 7.98. The molecule has 2 rings (SSSR count). The molecule has 7 nitrogen and oxygen atoms in total. The minimum atomic E-state index is -3.75. The molecule has 1 aromatic carbocycles. The average Bonchev–Trinajstić information content (AvgIpc) is 3.08. The summed E-state index contributed by atoms with van der Waals surface area (Å²) < 4.78 is 37.8. The van der Waals surface area contributed by atoms with Gasteiger partial charge in [0.2, 0.25) is 15.9 Å². The number of carbonyl (C=O) groups excluding carboxylic acids is 1. The Morgan fingerprint density at radius 2 is 2.04 bits per heavy atom. The molecule has 0 saturated carbocycles. The Balaban J connectivity index is 2.24. The molecule has 0 spiro atoms. The molecular formula is C16H20N2O5S. The van der Waals surface area contributed by atoms with E-state index in [1.807, 2.05) is 0 Å². The third kappa shape index (κ3) is 4.59. The fraction of sp³-hybridized carbons (Fsp3) is 0.312. The molecule has 2 N–H and O–H groups in total. The number of benzene rings is 1. The molecule has 130 valence electrons. The van der Waals surface area contributed by atoms with E-state index in [2.05, 4.69) is 10.0 Å². The molecule has 0 aliphatic rings. The smallest absolute Gasteiger partial charge is 0.241 e. The van der Waals surface area contributed by atoms with Crippen LogP contribution in [0.2, 0.25) is 0 Å². The van der Waals surface area contributed by atoms with E-state index >= 15 is 0 Å². The monoisotopic (exact) mass is 352 g/mol. The summed E-state index contributed by atoms with van der Waals surface area (Å²) in [4.78, 5) is 11.7. The first-order chi connectivity index (χ1) is 11.5. The van der Waals surface area contributed by atoms with Gasteiger partial charge in [-0.2, -0.15) is 0 Å². The predicted octanol–water partition coefficient (Wildman–Crippen LogP) is 2.51. The average molecular weight is 352 g/mol. The van der Waals surface area contributed by atoms with Crippen LogP contribution < -0.4 is 14.8 Å². The lowest BCUT2D eigenvalue weighted by Crippen LogP contribution is -2.23. The van der Waals surface area contributed by atoms with E-state index in [4.69, 9.17) is 9.15 Å². The molecule has 8 heteroatoms. The van der Waals surface area contributed by atoms with E-state index in [0.717, 1.165) is 0 Å². The highest BCUT2D eigenvalue weighted by Gasteiger charge is 2.18. The summed E-state index contributed by atoms with van der Waals surface area (Å²) in [5.41, 5.74) is 0.324. The lowest BCUT2D eigenvalue weighted by molar-refractivity contribution is -0.115. The van der Waals surface area contributed by atoms with Crippen molar-refractivity contribution in [3.63, 3.8) is 0 Å². The fourth-order valence-electron chi connectivity index (χ4n) is 1.96. The summed E-state index contributed by atoms with van der Waals surface area (Å²) in [6.07, 6.45) is 1.75. The fourth-order valence-corrected chi connectivity index (χ4v) is 2.98. The highest BCUT2D eigenvalue weighted by atomic mass is 32.2. The van der Waals surface area contributed by atoms with Crippen molar-refractivity contribution in [3.05, 3.63) is 42.4 Å². The molecule has 1 heterocycles. The Hall–Kier alpha value is -2.32. The number of carbonyl (C=O) groups is 1. The Morgan fingerprint density at radius 1 is 1.25 bits per heavy atom. The minimum Gasteiger partial charge on any atom is -0.492 e. The highest BCUT2D eigenvalue weighted by Crippen LogP contribution is 2.28. The van der Waals surface area contributed by atoms with Gasteiger partial charge in [0.25, 0.3) is 0 Å². The molecule has 0 bridgehead atoms. The lowest BCUT2D eigenvalue weighted by Gasteiger charge is -2.13. The zero-order valence-corrected chi connectivity index (χ0v) is 14.4. The summed E-state index contributed by atoms with van der Waals surface area (Å²) in [7, 11) is -3.75. The van der Waals surface area contributed by atoms with Gasteiger partial charge in [-0.15, -0.1) is 0 Å². The predicted molar refractivity (Wildman–Crippen MR) is 89.3 cm³/mol. The van der Waals surface area contributed by atoms with Gasteiger partial charge in [-0.05, 0) is 37.3 Å². The van der Waals surface area contributed by atoms with Crippen molar-refractivity contribution in [2.24, 2.45) is 0 Å². The van der Waals surface area contributed by atoms with Gasteiger partial charge < -0.3 is 14.5 Å². The maximum Gasteiger partial charge on any atom is 0.241 e. The zero-order chi connectivity index (χ0) is 17.6. The molecule has 0 unspecified atom stereocenters. The minimum absolute atomic E-state index is 0.0314. The number of rotatable bonds is 8. The largest absolute Gasteiger partial charge is 0.492 e. The van der Waals surface area contributed by atoms with Crippen LogP contribution in [0.1, 0.15) is 26.0 Å². The number of sulfonamides is 1. The van der Waals surface area contributed by atoms with Crippen LogP contribution >= 0.6 is 0 Å². The number of hydrogen-bond acceptors (Lipinski definition) is 5. The van der Waals surface area contributed by atoms with Gasteiger partial charge in [-0.3, -0.25) is 4.79 Å². The van der Waals surface area contributed by atoms with Crippen LogP contribution in [0.15, 0.2) is 45.9 Å². The molecule has 0 saturated heterocycles. The van der Waals surface area contributed by atoms with Crippen LogP contribution in [0.3, 0.4) is 0 Å². The van der Waals surface area contributed by atoms with Gasteiger partial charge in [-0.25, -0.2) is 13.1 Å². The Kier molecular flexibility index (Phi) is 5.99. The summed E-state index contributed by atoms with van der Waals surface area (Å²) in [6.45, 7) is 3.96. The first-order valence-corrected chi connectivity index (χ1v) is 9.03. The number of anilines is 1. The lowest BCUT2D eigenvalue weighted by atomic mass is 10.3. The summed E-state index contributed by atoms with van der Waals surface area (Å²) in [5, 5.41) is 2.65. The van der Waals surface area contributed by atoms with Crippen molar-refractivity contribution in [2.75, 3.05) is 11.9 Å². The van der Waals surface area contributed by atoms with Crippen molar-refractivity contribution in [1.82, 2.24) is 4.72 Å². The molecule has 0 fully saturated rings. The number of furan rings is 1. The van der Waals surface area contributed by atoms with Crippen LogP contribution in [0.5, 0.6) is 5.75 Å². The first kappa shape index (κ1) is 18.0. The Morgan fingerprint density at radius 3 is 2.67 bits per heavy atom. The molecule has 2 aromatic rings. The third-order valence-electron chi connectivity index (χ3n) is 3.17. The number of nitrogens with one attached hydrogen (secondary N) is 2. The van der Waals surface area contributed by atoms with Gasteiger partial charge in [0.1, 0.15) is 11.5 Å². The molecule has 0 aliphatic heterocycles.